The predicted molar refractivity (Wildman–Crippen MR) is 158 cm³/mol. The molecule has 0 radical (unpaired) electrons. The monoisotopic (exact) mass is 637 g/mol. The lowest BCUT2D eigenvalue weighted by Gasteiger charge is -2.21. The van der Waals surface area contributed by atoms with E-state index in [0.29, 0.717) is 34.5 Å². The minimum absolute atomic E-state index is 0.0546. The van der Waals surface area contributed by atoms with Crippen LogP contribution in [0.15, 0.2) is 58.0 Å². The van der Waals surface area contributed by atoms with Gasteiger partial charge in [0.2, 0.25) is 15.3 Å². The van der Waals surface area contributed by atoms with Crippen LogP contribution in [0.4, 0.5) is 22.0 Å². The molecular formula is C27H33BrClN5O4S. The quantitative estimate of drug-likeness (QED) is 0.231. The number of aromatic nitrogens is 2. The van der Waals surface area contributed by atoms with E-state index < -0.39 is 27.3 Å². The second-order valence-corrected chi connectivity index (χ2v) is 13.9. The van der Waals surface area contributed by atoms with Crippen molar-refractivity contribution in [3.8, 4) is 0 Å². The van der Waals surface area contributed by atoms with Gasteiger partial charge >= 0.3 is 6.09 Å². The molecule has 39 heavy (non-hydrogen) atoms. The lowest BCUT2D eigenvalue weighted by Crippen LogP contribution is -2.40. The number of sulfonamides is 1. The van der Waals surface area contributed by atoms with Crippen molar-refractivity contribution in [3.63, 3.8) is 0 Å². The van der Waals surface area contributed by atoms with Gasteiger partial charge in [-0.25, -0.2) is 22.9 Å². The van der Waals surface area contributed by atoms with Gasteiger partial charge in [0.05, 0.1) is 9.37 Å². The number of rotatable bonds is 8. The largest absolute Gasteiger partial charge is 0.444 e. The van der Waals surface area contributed by atoms with Crippen molar-refractivity contribution in [2.45, 2.75) is 70.4 Å². The molecule has 1 aromatic heterocycles. The van der Waals surface area contributed by atoms with Gasteiger partial charge in [-0.2, -0.15) is 4.98 Å². The van der Waals surface area contributed by atoms with Gasteiger partial charge in [-0.15, -0.1) is 0 Å². The molecule has 0 saturated carbocycles. The fourth-order valence-electron chi connectivity index (χ4n) is 3.58. The summed E-state index contributed by atoms with van der Waals surface area (Å²) in [4.78, 5) is 20.4. The number of aryl methyl sites for hydroxylation is 2. The van der Waals surface area contributed by atoms with E-state index in [2.05, 4.69) is 41.3 Å². The molecule has 1 heterocycles. The minimum Gasteiger partial charge on any atom is -0.444 e. The summed E-state index contributed by atoms with van der Waals surface area (Å²) in [5, 5.41) is 5.94. The third-order valence-corrected chi connectivity index (χ3v) is 7.47. The molecular weight excluding hydrogens is 606 g/mol. The fraction of sp³-hybridized carbons (Fsp3) is 0.370. The number of hydrogen-bond acceptors (Lipinski definition) is 7. The Morgan fingerprint density at radius 2 is 1.67 bits per heavy atom. The Balaban J connectivity index is 1.88. The standard InChI is InChI=1S/C27H33BrClN5O4S/c1-26(2,3)34-39(36,37)21-14-18(13-20(15-21)31-23-22(28)16-30-24(29)33-23)11-10-17-8-7-9-19(12-17)32-25(35)38-27(4,5)6/h7-9,12-16,34H,10-11H2,1-6H3,(H,32,35)(H,30,31,33). The van der Waals surface area contributed by atoms with Gasteiger partial charge in [-0.05, 0) is 123 Å². The highest BCUT2D eigenvalue weighted by molar-refractivity contribution is 9.10. The van der Waals surface area contributed by atoms with Crippen molar-refractivity contribution in [1.29, 1.82) is 0 Å². The zero-order valence-electron chi connectivity index (χ0n) is 22.7. The van der Waals surface area contributed by atoms with E-state index in [4.69, 9.17) is 16.3 Å². The highest BCUT2D eigenvalue weighted by Gasteiger charge is 2.23. The van der Waals surface area contributed by atoms with Crippen molar-refractivity contribution in [2.75, 3.05) is 10.6 Å². The Morgan fingerprint density at radius 3 is 2.33 bits per heavy atom. The van der Waals surface area contributed by atoms with E-state index >= 15 is 0 Å². The number of halogens is 2. The highest BCUT2D eigenvalue weighted by atomic mass is 79.9. The Bertz CT molecular complexity index is 1450. The van der Waals surface area contributed by atoms with Crippen LogP contribution in [0.2, 0.25) is 5.28 Å². The molecule has 0 saturated heterocycles. The number of carbonyl (C=O) groups is 1. The van der Waals surface area contributed by atoms with E-state index in [-0.39, 0.29) is 10.2 Å². The van der Waals surface area contributed by atoms with Crippen molar-refractivity contribution >= 4 is 60.8 Å². The Hall–Kier alpha value is -2.73. The molecule has 210 valence electrons. The smallest absolute Gasteiger partial charge is 0.412 e. The number of amides is 1. The second-order valence-electron chi connectivity index (χ2n) is 11.0. The van der Waals surface area contributed by atoms with Crippen LogP contribution >= 0.6 is 27.5 Å². The molecule has 0 unspecified atom stereocenters. The highest BCUT2D eigenvalue weighted by Crippen LogP contribution is 2.28. The Morgan fingerprint density at radius 1 is 1.00 bits per heavy atom. The van der Waals surface area contributed by atoms with Gasteiger partial charge in [0.1, 0.15) is 11.4 Å². The minimum atomic E-state index is -3.81. The first kappa shape index (κ1) is 30.8. The summed E-state index contributed by atoms with van der Waals surface area (Å²) >= 11 is 9.35. The molecule has 0 atom stereocenters. The number of anilines is 3. The number of hydrogen-bond donors (Lipinski definition) is 3. The zero-order valence-corrected chi connectivity index (χ0v) is 25.9. The van der Waals surface area contributed by atoms with Crippen molar-refractivity contribution in [1.82, 2.24) is 14.7 Å². The summed E-state index contributed by atoms with van der Waals surface area (Å²) in [7, 11) is -3.81. The van der Waals surface area contributed by atoms with Gasteiger partial charge in [-0.3, -0.25) is 5.32 Å². The fourth-order valence-corrected chi connectivity index (χ4v) is 5.52. The zero-order chi connectivity index (χ0) is 29.0. The molecule has 0 aliphatic rings. The molecule has 9 nitrogen and oxygen atoms in total. The maximum Gasteiger partial charge on any atom is 0.412 e. The lowest BCUT2D eigenvalue weighted by atomic mass is 10.0. The Kier molecular flexibility index (Phi) is 9.64. The Labute approximate surface area is 243 Å². The summed E-state index contributed by atoms with van der Waals surface area (Å²) in [6, 6.07) is 12.5. The van der Waals surface area contributed by atoms with Gasteiger partial charge in [0.25, 0.3) is 0 Å². The van der Waals surface area contributed by atoms with Crippen LogP contribution in [-0.4, -0.2) is 35.6 Å². The predicted octanol–water partition coefficient (Wildman–Crippen LogP) is 6.85. The number of nitrogens with one attached hydrogen (secondary N) is 3. The first-order valence-corrected chi connectivity index (χ1v) is 14.9. The third kappa shape index (κ3) is 10.1. The summed E-state index contributed by atoms with van der Waals surface area (Å²) in [6.45, 7) is 10.8. The average Bonchev–Trinajstić information content (AvgIpc) is 2.77. The molecule has 2 aromatic carbocycles. The van der Waals surface area contributed by atoms with Crippen LogP contribution in [0.1, 0.15) is 52.7 Å². The lowest BCUT2D eigenvalue weighted by molar-refractivity contribution is 0.0636. The van der Waals surface area contributed by atoms with Crippen molar-refractivity contribution < 1.29 is 17.9 Å². The summed E-state index contributed by atoms with van der Waals surface area (Å²) < 4.78 is 35.0. The number of carbonyl (C=O) groups excluding carboxylic acids is 1. The molecule has 0 bridgehead atoms. The maximum absolute atomic E-state index is 13.2. The van der Waals surface area contributed by atoms with E-state index in [1.165, 1.54) is 6.20 Å². The van der Waals surface area contributed by atoms with Gasteiger partial charge in [0, 0.05) is 23.1 Å². The second kappa shape index (κ2) is 12.2. The molecule has 0 aliphatic heterocycles. The van der Waals surface area contributed by atoms with Crippen LogP contribution in [-0.2, 0) is 27.6 Å². The number of ether oxygens (including phenoxy) is 1. The van der Waals surface area contributed by atoms with Gasteiger partial charge < -0.3 is 10.1 Å². The molecule has 1 amide bonds. The maximum atomic E-state index is 13.2. The molecule has 0 fully saturated rings. The van der Waals surface area contributed by atoms with E-state index in [1.807, 2.05) is 24.3 Å². The van der Waals surface area contributed by atoms with Crippen LogP contribution in [0, 0.1) is 0 Å². The van der Waals surface area contributed by atoms with Crippen molar-refractivity contribution in [3.05, 3.63) is 69.5 Å². The van der Waals surface area contributed by atoms with E-state index in [1.54, 1.807) is 59.7 Å². The molecule has 0 spiro atoms. The molecule has 3 rings (SSSR count). The first-order chi connectivity index (χ1) is 18.0. The average molecular weight is 639 g/mol. The summed E-state index contributed by atoms with van der Waals surface area (Å²) in [5.74, 6) is 0.403. The number of nitrogens with zero attached hydrogens (tertiary/aromatic N) is 2. The molecule has 0 aliphatic carbocycles. The molecule has 3 N–H and O–H groups in total. The van der Waals surface area contributed by atoms with Crippen LogP contribution < -0.4 is 15.4 Å². The number of benzene rings is 2. The molecule has 3 aromatic rings. The van der Waals surface area contributed by atoms with Crippen LogP contribution in [0.5, 0.6) is 0 Å². The normalized spacial score (nSPS) is 12.2. The van der Waals surface area contributed by atoms with Crippen LogP contribution in [0.3, 0.4) is 0 Å². The first-order valence-electron chi connectivity index (χ1n) is 12.2. The topological polar surface area (TPSA) is 122 Å². The van der Waals surface area contributed by atoms with Crippen LogP contribution in [0.25, 0.3) is 0 Å². The SMILES string of the molecule is CC(C)(C)NS(=O)(=O)c1cc(CCc2cccc(NC(=O)OC(C)(C)C)c2)cc(Nc2nc(Cl)ncc2Br)c1. The van der Waals surface area contributed by atoms with Gasteiger partial charge in [0.15, 0.2) is 0 Å². The van der Waals surface area contributed by atoms with E-state index in [9.17, 15) is 13.2 Å². The van der Waals surface area contributed by atoms with Crippen molar-refractivity contribution in [2.24, 2.45) is 0 Å². The summed E-state index contributed by atoms with van der Waals surface area (Å²) in [6.07, 6.45) is 2.12. The van der Waals surface area contributed by atoms with E-state index in [0.717, 1.165) is 11.1 Å². The summed E-state index contributed by atoms with van der Waals surface area (Å²) in [5.41, 5.74) is 1.62. The third-order valence-electron chi connectivity index (χ3n) is 4.97. The van der Waals surface area contributed by atoms with Gasteiger partial charge in [-0.1, -0.05) is 12.1 Å². The molecule has 12 heteroatoms.